The van der Waals surface area contributed by atoms with Gasteiger partial charge in [-0.2, -0.15) is 13.2 Å². The van der Waals surface area contributed by atoms with Crippen LogP contribution in [0.5, 0.6) is 0 Å². The molecule has 0 bridgehead atoms. The SMILES string of the molecule is CO[C@@H]1CCNC1.O=C(O)C(F)(F)F. The quantitative estimate of drug-likeness (QED) is 0.673. The summed E-state index contributed by atoms with van der Waals surface area (Å²) >= 11 is 0. The fraction of sp³-hybridized carbons (Fsp3) is 0.857. The zero-order valence-electron chi connectivity index (χ0n) is 7.60. The van der Waals surface area contributed by atoms with Crippen LogP contribution in [-0.4, -0.2) is 43.6 Å². The smallest absolute Gasteiger partial charge is 0.475 e. The van der Waals surface area contributed by atoms with Crippen LogP contribution in [0.4, 0.5) is 13.2 Å². The Morgan fingerprint density at radius 1 is 1.57 bits per heavy atom. The molecule has 0 spiro atoms. The molecule has 1 fully saturated rings. The minimum atomic E-state index is -5.08. The van der Waals surface area contributed by atoms with E-state index in [1.807, 2.05) is 0 Å². The van der Waals surface area contributed by atoms with Gasteiger partial charge in [-0.1, -0.05) is 0 Å². The second kappa shape index (κ2) is 5.82. The molecule has 0 aromatic carbocycles. The fourth-order valence-corrected chi connectivity index (χ4v) is 0.829. The molecule has 0 radical (unpaired) electrons. The van der Waals surface area contributed by atoms with Crippen LogP contribution in [0.1, 0.15) is 6.42 Å². The third-order valence-corrected chi connectivity index (χ3v) is 1.59. The lowest BCUT2D eigenvalue weighted by molar-refractivity contribution is -0.192. The van der Waals surface area contributed by atoms with E-state index in [0.29, 0.717) is 6.10 Å². The highest BCUT2D eigenvalue weighted by atomic mass is 19.4. The van der Waals surface area contributed by atoms with Gasteiger partial charge in [-0.25, -0.2) is 4.79 Å². The van der Waals surface area contributed by atoms with Crippen LogP contribution >= 0.6 is 0 Å². The lowest BCUT2D eigenvalue weighted by Gasteiger charge is -2.01. The minimum Gasteiger partial charge on any atom is -0.475 e. The van der Waals surface area contributed by atoms with E-state index in [4.69, 9.17) is 14.6 Å². The van der Waals surface area contributed by atoms with Crippen LogP contribution in [0.15, 0.2) is 0 Å². The van der Waals surface area contributed by atoms with Gasteiger partial charge in [0.2, 0.25) is 0 Å². The molecule has 0 saturated carbocycles. The van der Waals surface area contributed by atoms with Crippen molar-refractivity contribution in [1.82, 2.24) is 5.32 Å². The van der Waals surface area contributed by atoms with Crippen molar-refractivity contribution in [2.75, 3.05) is 20.2 Å². The molecule has 0 unspecified atom stereocenters. The van der Waals surface area contributed by atoms with Crippen molar-refractivity contribution in [1.29, 1.82) is 0 Å². The highest BCUT2D eigenvalue weighted by molar-refractivity contribution is 5.73. The van der Waals surface area contributed by atoms with Gasteiger partial charge >= 0.3 is 12.1 Å². The van der Waals surface area contributed by atoms with Crippen LogP contribution in [-0.2, 0) is 9.53 Å². The monoisotopic (exact) mass is 215 g/mol. The predicted molar refractivity (Wildman–Crippen MR) is 42.0 cm³/mol. The Morgan fingerprint density at radius 2 is 2.07 bits per heavy atom. The van der Waals surface area contributed by atoms with Crippen LogP contribution in [0, 0.1) is 0 Å². The van der Waals surface area contributed by atoms with Gasteiger partial charge in [-0.3, -0.25) is 0 Å². The second-order valence-electron chi connectivity index (χ2n) is 2.65. The summed E-state index contributed by atoms with van der Waals surface area (Å²) in [6, 6.07) is 0. The number of carboxylic acids is 1. The third kappa shape index (κ3) is 5.76. The number of hydrogen-bond donors (Lipinski definition) is 2. The first-order valence-electron chi connectivity index (χ1n) is 3.91. The number of ether oxygens (including phenoxy) is 1. The first kappa shape index (κ1) is 13.2. The van der Waals surface area contributed by atoms with Crippen molar-refractivity contribution in [2.45, 2.75) is 18.7 Å². The molecule has 14 heavy (non-hydrogen) atoms. The molecule has 0 aliphatic carbocycles. The number of rotatable bonds is 1. The highest BCUT2D eigenvalue weighted by Gasteiger charge is 2.38. The van der Waals surface area contributed by atoms with Crippen LogP contribution in [0.2, 0.25) is 0 Å². The zero-order chi connectivity index (χ0) is 11.2. The maximum absolute atomic E-state index is 10.6. The van der Waals surface area contributed by atoms with Crippen molar-refractivity contribution >= 4 is 5.97 Å². The molecule has 7 heteroatoms. The maximum Gasteiger partial charge on any atom is 0.490 e. The Balaban J connectivity index is 0.000000241. The third-order valence-electron chi connectivity index (χ3n) is 1.59. The Labute approximate surface area is 79.0 Å². The molecular formula is C7H12F3NO3. The van der Waals surface area contributed by atoms with Crippen molar-refractivity contribution in [3.05, 3.63) is 0 Å². The Morgan fingerprint density at radius 3 is 2.21 bits per heavy atom. The molecule has 1 rings (SSSR count). The molecule has 0 aromatic rings. The highest BCUT2D eigenvalue weighted by Crippen LogP contribution is 2.13. The fourth-order valence-electron chi connectivity index (χ4n) is 0.829. The molecule has 1 aliphatic heterocycles. The van der Waals surface area contributed by atoms with Gasteiger partial charge in [-0.15, -0.1) is 0 Å². The number of alkyl halides is 3. The summed E-state index contributed by atoms with van der Waals surface area (Å²) < 4.78 is 36.8. The minimum absolute atomic E-state index is 0.486. The summed E-state index contributed by atoms with van der Waals surface area (Å²) in [5.41, 5.74) is 0. The number of halogens is 3. The molecule has 1 aliphatic rings. The topological polar surface area (TPSA) is 58.6 Å². The van der Waals surface area contributed by atoms with E-state index in [0.717, 1.165) is 13.1 Å². The number of nitrogens with one attached hydrogen (secondary N) is 1. The van der Waals surface area contributed by atoms with E-state index in [2.05, 4.69) is 5.32 Å². The lowest BCUT2D eigenvalue weighted by atomic mass is 10.3. The number of aliphatic carboxylic acids is 1. The number of carbonyl (C=O) groups is 1. The molecule has 1 saturated heterocycles. The number of carboxylic acid groups (broad SMARTS) is 1. The molecule has 0 amide bonds. The second-order valence-corrected chi connectivity index (χ2v) is 2.65. The average Bonchev–Trinajstić information content (AvgIpc) is 2.54. The molecule has 1 atom stereocenters. The molecule has 84 valence electrons. The molecule has 1 heterocycles. The summed E-state index contributed by atoms with van der Waals surface area (Å²) in [5.74, 6) is -2.76. The van der Waals surface area contributed by atoms with Gasteiger partial charge in [0.15, 0.2) is 0 Å². The van der Waals surface area contributed by atoms with E-state index in [1.165, 1.54) is 6.42 Å². The maximum atomic E-state index is 10.6. The van der Waals surface area contributed by atoms with Crippen LogP contribution < -0.4 is 5.32 Å². The van der Waals surface area contributed by atoms with Gasteiger partial charge in [0.05, 0.1) is 6.10 Å². The van der Waals surface area contributed by atoms with E-state index in [1.54, 1.807) is 7.11 Å². The van der Waals surface area contributed by atoms with Crippen molar-refractivity contribution in [3.8, 4) is 0 Å². The molecule has 2 N–H and O–H groups in total. The summed E-state index contributed by atoms with van der Waals surface area (Å²) in [7, 11) is 1.76. The number of hydrogen-bond acceptors (Lipinski definition) is 3. The first-order chi connectivity index (χ1) is 6.38. The number of methoxy groups -OCH3 is 1. The summed E-state index contributed by atoms with van der Waals surface area (Å²) in [6.45, 7) is 2.16. The largest absolute Gasteiger partial charge is 0.490 e. The van der Waals surface area contributed by atoms with Gasteiger partial charge in [-0.05, 0) is 13.0 Å². The van der Waals surface area contributed by atoms with Crippen molar-refractivity contribution in [2.24, 2.45) is 0 Å². The van der Waals surface area contributed by atoms with E-state index in [9.17, 15) is 13.2 Å². The normalized spacial score (nSPS) is 21.3. The van der Waals surface area contributed by atoms with Gasteiger partial charge in [0, 0.05) is 13.7 Å². The Hall–Kier alpha value is -0.820. The molecule has 0 aromatic heterocycles. The van der Waals surface area contributed by atoms with Crippen molar-refractivity contribution in [3.63, 3.8) is 0 Å². The van der Waals surface area contributed by atoms with Crippen molar-refractivity contribution < 1.29 is 27.8 Å². The standard InChI is InChI=1S/C5H11NO.C2HF3O2/c1-7-5-2-3-6-4-5;3-2(4,5)1(6)7/h5-6H,2-4H2,1H3;(H,6,7)/t5-;/m1./s1. The lowest BCUT2D eigenvalue weighted by Crippen LogP contribution is -2.21. The van der Waals surface area contributed by atoms with Gasteiger partial charge in [0.25, 0.3) is 0 Å². The molecule has 4 nitrogen and oxygen atoms in total. The van der Waals surface area contributed by atoms with E-state index in [-0.39, 0.29) is 0 Å². The van der Waals surface area contributed by atoms with Gasteiger partial charge < -0.3 is 15.2 Å². The van der Waals surface area contributed by atoms with E-state index < -0.39 is 12.1 Å². The summed E-state index contributed by atoms with van der Waals surface area (Å²) in [5, 5.41) is 10.3. The van der Waals surface area contributed by atoms with E-state index >= 15 is 0 Å². The summed E-state index contributed by atoms with van der Waals surface area (Å²) in [6.07, 6.45) is -3.42. The zero-order valence-corrected chi connectivity index (χ0v) is 7.60. The first-order valence-corrected chi connectivity index (χ1v) is 3.91. The van der Waals surface area contributed by atoms with Crippen LogP contribution in [0.25, 0.3) is 0 Å². The predicted octanol–water partition coefficient (Wildman–Crippen LogP) is 0.628. The average molecular weight is 215 g/mol. The molecular weight excluding hydrogens is 203 g/mol. The Bertz CT molecular complexity index is 178. The van der Waals surface area contributed by atoms with Gasteiger partial charge in [0.1, 0.15) is 0 Å². The Kier molecular flexibility index (Phi) is 5.47. The summed E-state index contributed by atoms with van der Waals surface area (Å²) in [4.78, 5) is 8.90. The van der Waals surface area contributed by atoms with Crippen LogP contribution in [0.3, 0.4) is 0 Å².